The zero-order valence-corrected chi connectivity index (χ0v) is 16.8. The first kappa shape index (κ1) is 20.5. The molecular formula is C20H25ClN2O5. The Morgan fingerprint density at radius 2 is 2.00 bits per heavy atom. The molecule has 3 rings (SSSR count). The highest BCUT2D eigenvalue weighted by Gasteiger charge is 2.40. The molecule has 0 spiro atoms. The number of carbonyl (C=O) groups is 3. The van der Waals surface area contributed by atoms with Gasteiger partial charge in [-0.15, -0.1) is 0 Å². The number of carbonyl (C=O) groups excluding carboxylic acids is 3. The Bertz CT molecular complexity index is 763. The Balaban J connectivity index is 1.53. The van der Waals surface area contributed by atoms with E-state index in [1.165, 1.54) is 14.0 Å². The van der Waals surface area contributed by atoms with Gasteiger partial charge >= 0.3 is 5.97 Å². The van der Waals surface area contributed by atoms with Gasteiger partial charge in [0.2, 0.25) is 5.91 Å². The van der Waals surface area contributed by atoms with Gasteiger partial charge in [-0.05, 0) is 38.0 Å². The van der Waals surface area contributed by atoms with Gasteiger partial charge in [0.1, 0.15) is 5.75 Å². The SMILES string of the molecule is COc1ccc(NC(=O)[C@H](C)OC(=O)[C@@H]2CC(=O)N(C3CCCC3)C2)cc1Cl. The first-order valence-electron chi connectivity index (χ1n) is 9.53. The molecule has 1 saturated heterocycles. The molecule has 1 heterocycles. The predicted molar refractivity (Wildman–Crippen MR) is 104 cm³/mol. The zero-order valence-electron chi connectivity index (χ0n) is 16.1. The maximum Gasteiger partial charge on any atom is 0.312 e. The second-order valence-electron chi connectivity index (χ2n) is 7.30. The summed E-state index contributed by atoms with van der Waals surface area (Å²) in [5.74, 6) is -0.995. The molecule has 152 valence electrons. The minimum absolute atomic E-state index is 0.00108. The Hall–Kier alpha value is -2.28. The fourth-order valence-corrected chi connectivity index (χ4v) is 4.03. The van der Waals surface area contributed by atoms with Crippen LogP contribution in [-0.2, 0) is 19.1 Å². The van der Waals surface area contributed by atoms with Crippen molar-refractivity contribution < 1.29 is 23.9 Å². The Morgan fingerprint density at radius 3 is 2.64 bits per heavy atom. The maximum atomic E-state index is 12.4. The highest BCUT2D eigenvalue weighted by molar-refractivity contribution is 6.32. The van der Waals surface area contributed by atoms with Crippen molar-refractivity contribution >= 4 is 35.1 Å². The molecule has 0 radical (unpaired) electrons. The maximum absolute atomic E-state index is 12.4. The van der Waals surface area contributed by atoms with Crippen molar-refractivity contribution in [2.45, 2.75) is 51.2 Å². The van der Waals surface area contributed by atoms with Gasteiger partial charge in [0.25, 0.3) is 5.91 Å². The Morgan fingerprint density at radius 1 is 1.29 bits per heavy atom. The van der Waals surface area contributed by atoms with Crippen molar-refractivity contribution in [2.75, 3.05) is 19.0 Å². The number of benzene rings is 1. The molecule has 1 N–H and O–H groups in total. The van der Waals surface area contributed by atoms with Gasteiger partial charge in [-0.25, -0.2) is 0 Å². The second kappa shape index (κ2) is 8.82. The quantitative estimate of drug-likeness (QED) is 0.731. The van der Waals surface area contributed by atoms with Crippen LogP contribution in [0.2, 0.25) is 5.02 Å². The molecule has 1 aromatic rings. The van der Waals surface area contributed by atoms with Crippen molar-refractivity contribution in [3.05, 3.63) is 23.2 Å². The summed E-state index contributed by atoms with van der Waals surface area (Å²) in [6.45, 7) is 1.88. The smallest absolute Gasteiger partial charge is 0.312 e. The number of ether oxygens (including phenoxy) is 2. The predicted octanol–water partition coefficient (Wildman–Crippen LogP) is 3.01. The van der Waals surface area contributed by atoms with Gasteiger partial charge in [0.15, 0.2) is 6.10 Å². The lowest BCUT2D eigenvalue weighted by Crippen LogP contribution is -2.36. The third kappa shape index (κ3) is 4.58. The van der Waals surface area contributed by atoms with Crippen LogP contribution >= 0.6 is 11.6 Å². The van der Waals surface area contributed by atoms with Crippen LogP contribution in [0.1, 0.15) is 39.0 Å². The van der Waals surface area contributed by atoms with E-state index in [2.05, 4.69) is 5.32 Å². The van der Waals surface area contributed by atoms with Crippen LogP contribution in [-0.4, -0.2) is 48.5 Å². The van der Waals surface area contributed by atoms with Gasteiger partial charge in [0, 0.05) is 24.7 Å². The number of anilines is 1. The number of halogens is 1. The number of hydrogen-bond donors (Lipinski definition) is 1. The highest BCUT2D eigenvalue weighted by Crippen LogP contribution is 2.30. The van der Waals surface area contributed by atoms with E-state index in [1.54, 1.807) is 18.2 Å². The van der Waals surface area contributed by atoms with E-state index in [1.807, 2.05) is 4.90 Å². The van der Waals surface area contributed by atoms with E-state index in [0.29, 0.717) is 23.0 Å². The first-order chi connectivity index (χ1) is 13.4. The molecular weight excluding hydrogens is 384 g/mol. The zero-order chi connectivity index (χ0) is 20.3. The third-order valence-corrected chi connectivity index (χ3v) is 5.63. The number of nitrogens with one attached hydrogen (secondary N) is 1. The van der Waals surface area contributed by atoms with Crippen molar-refractivity contribution in [3.63, 3.8) is 0 Å². The fraction of sp³-hybridized carbons (Fsp3) is 0.550. The van der Waals surface area contributed by atoms with E-state index in [0.717, 1.165) is 25.7 Å². The third-order valence-electron chi connectivity index (χ3n) is 5.34. The molecule has 1 aliphatic carbocycles. The number of esters is 1. The van der Waals surface area contributed by atoms with E-state index in [9.17, 15) is 14.4 Å². The molecule has 1 saturated carbocycles. The molecule has 28 heavy (non-hydrogen) atoms. The highest BCUT2D eigenvalue weighted by atomic mass is 35.5. The molecule has 1 aliphatic heterocycles. The van der Waals surface area contributed by atoms with Gasteiger partial charge in [-0.2, -0.15) is 0 Å². The summed E-state index contributed by atoms with van der Waals surface area (Å²) < 4.78 is 10.4. The van der Waals surface area contributed by atoms with Crippen LogP contribution in [0.15, 0.2) is 18.2 Å². The van der Waals surface area contributed by atoms with E-state index >= 15 is 0 Å². The fourth-order valence-electron chi connectivity index (χ4n) is 3.77. The van der Waals surface area contributed by atoms with E-state index in [-0.39, 0.29) is 18.4 Å². The summed E-state index contributed by atoms with van der Waals surface area (Å²) in [5, 5.41) is 3.02. The minimum Gasteiger partial charge on any atom is -0.495 e. The lowest BCUT2D eigenvalue weighted by molar-refractivity contribution is -0.157. The minimum atomic E-state index is -0.982. The number of rotatable bonds is 6. The number of hydrogen-bond acceptors (Lipinski definition) is 5. The molecule has 0 bridgehead atoms. The monoisotopic (exact) mass is 408 g/mol. The molecule has 1 aromatic carbocycles. The average molecular weight is 409 g/mol. The number of likely N-dealkylation sites (tertiary alicyclic amines) is 1. The van der Waals surface area contributed by atoms with Crippen LogP contribution in [0, 0.1) is 5.92 Å². The molecule has 2 amide bonds. The van der Waals surface area contributed by atoms with Gasteiger partial charge in [0.05, 0.1) is 18.1 Å². The summed E-state index contributed by atoms with van der Waals surface area (Å²) in [5.41, 5.74) is 0.474. The van der Waals surface area contributed by atoms with E-state index < -0.39 is 23.9 Å². The van der Waals surface area contributed by atoms with Gasteiger partial charge in [-0.1, -0.05) is 24.4 Å². The van der Waals surface area contributed by atoms with Gasteiger partial charge in [-0.3, -0.25) is 14.4 Å². The van der Waals surface area contributed by atoms with Gasteiger partial charge < -0.3 is 19.7 Å². The van der Waals surface area contributed by atoms with E-state index in [4.69, 9.17) is 21.1 Å². The molecule has 2 atom stereocenters. The first-order valence-corrected chi connectivity index (χ1v) is 9.91. The van der Waals surface area contributed by atoms with Crippen LogP contribution < -0.4 is 10.1 Å². The molecule has 0 aromatic heterocycles. The van der Waals surface area contributed by atoms with Crippen molar-refractivity contribution in [1.29, 1.82) is 0 Å². The average Bonchev–Trinajstić information content (AvgIpc) is 3.31. The summed E-state index contributed by atoms with van der Waals surface area (Å²) in [7, 11) is 1.50. The summed E-state index contributed by atoms with van der Waals surface area (Å²) in [6, 6.07) is 5.08. The number of amides is 2. The molecule has 2 aliphatic rings. The molecule has 2 fully saturated rings. The number of methoxy groups -OCH3 is 1. The summed E-state index contributed by atoms with van der Waals surface area (Å²) >= 11 is 6.05. The lowest BCUT2D eigenvalue weighted by Gasteiger charge is -2.24. The molecule has 7 nitrogen and oxygen atoms in total. The largest absolute Gasteiger partial charge is 0.495 e. The standard InChI is InChI=1S/C20H25ClN2O5/c1-12(19(25)22-14-7-8-17(27-2)16(21)10-14)28-20(26)13-9-18(24)23(11-13)15-5-3-4-6-15/h7-8,10,12-13,15H,3-6,9,11H2,1-2H3,(H,22,25)/t12-,13+/m0/s1. The van der Waals surface area contributed by atoms with Crippen LogP contribution in [0.25, 0.3) is 0 Å². The summed E-state index contributed by atoms with van der Waals surface area (Å²) in [6.07, 6.45) is 3.40. The molecule has 8 heteroatoms. The second-order valence-corrected chi connectivity index (χ2v) is 7.71. The van der Waals surface area contributed by atoms with Crippen molar-refractivity contribution in [1.82, 2.24) is 4.90 Å². The summed E-state index contributed by atoms with van der Waals surface area (Å²) in [4.78, 5) is 38.8. The van der Waals surface area contributed by atoms with Crippen LogP contribution in [0.3, 0.4) is 0 Å². The van der Waals surface area contributed by atoms with Crippen molar-refractivity contribution in [3.8, 4) is 5.75 Å². The van der Waals surface area contributed by atoms with Crippen molar-refractivity contribution in [2.24, 2.45) is 5.92 Å². The molecule has 0 unspecified atom stereocenters. The Kier molecular flexibility index (Phi) is 6.44. The van der Waals surface area contributed by atoms with Crippen LogP contribution in [0.5, 0.6) is 5.75 Å². The number of nitrogens with zero attached hydrogens (tertiary/aromatic N) is 1. The topological polar surface area (TPSA) is 84.9 Å². The normalized spacial score (nSPS) is 20.9. The van der Waals surface area contributed by atoms with Crippen LogP contribution in [0.4, 0.5) is 5.69 Å². The Labute approximate surface area is 169 Å². The lowest BCUT2D eigenvalue weighted by atomic mass is 10.1.